The molecule has 2 rings (SSSR count). The van der Waals surface area contributed by atoms with Crippen LogP contribution in [0.4, 0.5) is 0 Å². The molecule has 2 aliphatic carbocycles. The molecule has 8 nitrogen and oxygen atoms in total. The summed E-state index contributed by atoms with van der Waals surface area (Å²) < 4.78 is 4.94. The summed E-state index contributed by atoms with van der Waals surface area (Å²) in [5.41, 5.74) is 0. The van der Waals surface area contributed by atoms with Gasteiger partial charge in [0.25, 0.3) is 5.91 Å². The number of carbonyl (C=O) groups is 3. The van der Waals surface area contributed by atoms with Gasteiger partial charge in [0.15, 0.2) is 6.61 Å². The summed E-state index contributed by atoms with van der Waals surface area (Å²) in [4.78, 5) is 45.9. The van der Waals surface area contributed by atoms with Crippen LogP contribution in [0.25, 0.3) is 0 Å². The Labute approximate surface area is 140 Å². The minimum Gasteiger partial charge on any atom is -0.456 e. The first-order chi connectivity index (χ1) is 11.4. The predicted molar refractivity (Wildman–Crippen MR) is 83.6 cm³/mol. The number of rotatable bonds is 7. The highest BCUT2D eigenvalue weighted by Gasteiger charge is 2.44. The largest absolute Gasteiger partial charge is 0.456 e. The van der Waals surface area contributed by atoms with E-state index in [1.165, 1.54) is 0 Å². The molecule has 8 heteroatoms. The fraction of sp³-hybridized carbons (Fsp3) is 0.812. The molecule has 0 saturated heterocycles. The lowest BCUT2D eigenvalue weighted by molar-refractivity contribution is -0.490. The zero-order valence-electron chi connectivity index (χ0n) is 13.9. The zero-order chi connectivity index (χ0) is 17.7. The van der Waals surface area contributed by atoms with Crippen molar-refractivity contribution in [1.82, 2.24) is 5.32 Å². The smallest absolute Gasteiger partial charge is 0.307 e. The van der Waals surface area contributed by atoms with Crippen LogP contribution in [0.2, 0.25) is 0 Å². The molecule has 2 fully saturated rings. The lowest BCUT2D eigenvalue weighted by Crippen LogP contribution is -2.36. The Hall–Kier alpha value is -1.99. The van der Waals surface area contributed by atoms with Crippen LogP contribution in [0.3, 0.4) is 0 Å². The molecule has 0 spiro atoms. The van der Waals surface area contributed by atoms with E-state index < -0.39 is 22.7 Å². The van der Waals surface area contributed by atoms with Crippen LogP contribution in [-0.4, -0.2) is 41.8 Å². The monoisotopic (exact) mass is 340 g/mol. The van der Waals surface area contributed by atoms with E-state index in [-0.39, 0.29) is 49.6 Å². The molecule has 134 valence electrons. The van der Waals surface area contributed by atoms with Crippen LogP contribution in [0.15, 0.2) is 0 Å². The second-order valence-electron chi connectivity index (χ2n) is 6.85. The van der Waals surface area contributed by atoms with Gasteiger partial charge in [-0.3, -0.25) is 24.5 Å². The van der Waals surface area contributed by atoms with E-state index in [1.807, 2.05) is 0 Å². The average Bonchev–Trinajstić information content (AvgIpc) is 3.08. The van der Waals surface area contributed by atoms with Crippen molar-refractivity contribution >= 4 is 17.7 Å². The molecule has 3 atom stereocenters. The molecule has 1 N–H and O–H groups in total. The van der Waals surface area contributed by atoms with Crippen molar-refractivity contribution in [1.29, 1.82) is 0 Å². The number of esters is 1. The van der Waals surface area contributed by atoms with E-state index in [0.717, 1.165) is 25.7 Å². The Morgan fingerprint density at radius 1 is 1.33 bits per heavy atom. The van der Waals surface area contributed by atoms with E-state index in [0.29, 0.717) is 0 Å². The number of amides is 1. The summed E-state index contributed by atoms with van der Waals surface area (Å²) in [5.74, 6) is -2.39. The normalized spacial score (nSPS) is 27.2. The van der Waals surface area contributed by atoms with Crippen molar-refractivity contribution in [3.63, 3.8) is 0 Å². The number of ketones is 1. The highest BCUT2D eigenvalue weighted by molar-refractivity contribution is 5.88. The maximum absolute atomic E-state index is 12.0. The Kier molecular flexibility index (Phi) is 6.28. The Morgan fingerprint density at radius 2 is 2.00 bits per heavy atom. The third kappa shape index (κ3) is 5.01. The molecule has 2 saturated carbocycles. The fourth-order valence-electron chi connectivity index (χ4n) is 3.72. The summed E-state index contributed by atoms with van der Waals surface area (Å²) in [7, 11) is 0. The van der Waals surface area contributed by atoms with Crippen molar-refractivity contribution in [2.75, 3.05) is 13.2 Å². The summed E-state index contributed by atoms with van der Waals surface area (Å²) in [6.07, 6.45) is 4.11. The SMILES string of the molecule is C[C@H]1CC(=O)[C@@H](CC(=O)OCC(=O)NC2CCCC2)[C@@H]1C[N+](=O)[O-]. The number of nitrogens with zero attached hydrogens (tertiary/aromatic N) is 1. The number of Topliss-reactive ketones (excluding diaryl/α,β-unsaturated/α-hetero) is 1. The Morgan fingerprint density at radius 3 is 2.62 bits per heavy atom. The van der Waals surface area contributed by atoms with Crippen LogP contribution in [0.1, 0.15) is 45.4 Å². The van der Waals surface area contributed by atoms with Gasteiger partial charge >= 0.3 is 5.97 Å². The average molecular weight is 340 g/mol. The lowest BCUT2D eigenvalue weighted by atomic mass is 9.88. The molecule has 1 amide bonds. The molecule has 0 unspecified atom stereocenters. The van der Waals surface area contributed by atoms with Gasteiger partial charge in [0.1, 0.15) is 5.78 Å². The first-order valence-electron chi connectivity index (χ1n) is 8.46. The van der Waals surface area contributed by atoms with E-state index in [2.05, 4.69) is 5.32 Å². The van der Waals surface area contributed by atoms with Crippen LogP contribution >= 0.6 is 0 Å². The molecule has 0 aliphatic heterocycles. The van der Waals surface area contributed by atoms with Gasteiger partial charge in [-0.2, -0.15) is 0 Å². The van der Waals surface area contributed by atoms with Gasteiger partial charge in [0, 0.05) is 29.2 Å². The van der Waals surface area contributed by atoms with Crippen LogP contribution in [-0.2, 0) is 19.1 Å². The topological polar surface area (TPSA) is 116 Å². The molecular formula is C16H24N2O6. The standard InChI is InChI=1S/C16H24N2O6/c1-10-6-14(19)12(13(10)8-18(22)23)7-16(21)24-9-15(20)17-11-4-2-3-5-11/h10-13H,2-9H2,1H3,(H,17,20)/t10-,12-,13+/m0/s1. The highest BCUT2D eigenvalue weighted by Crippen LogP contribution is 2.36. The van der Waals surface area contributed by atoms with Gasteiger partial charge in [-0.05, 0) is 18.8 Å². The summed E-state index contributed by atoms with van der Waals surface area (Å²) in [5, 5.41) is 13.5. The van der Waals surface area contributed by atoms with Gasteiger partial charge in [0.2, 0.25) is 6.54 Å². The van der Waals surface area contributed by atoms with Crippen LogP contribution in [0.5, 0.6) is 0 Å². The molecule has 0 aromatic rings. The number of ether oxygens (including phenoxy) is 1. The predicted octanol–water partition coefficient (Wildman–Crippen LogP) is 1.10. The van der Waals surface area contributed by atoms with Gasteiger partial charge in [-0.1, -0.05) is 19.8 Å². The minimum absolute atomic E-state index is 0.119. The summed E-state index contributed by atoms with van der Waals surface area (Å²) in [6, 6.07) is 0.151. The lowest BCUT2D eigenvalue weighted by Gasteiger charge is -2.17. The molecule has 0 aromatic heterocycles. The Bertz CT molecular complexity index is 515. The van der Waals surface area contributed by atoms with Crippen molar-refractivity contribution in [3.8, 4) is 0 Å². The number of hydrogen-bond donors (Lipinski definition) is 1. The van der Waals surface area contributed by atoms with E-state index in [4.69, 9.17) is 4.74 Å². The molecule has 0 bridgehead atoms. The van der Waals surface area contributed by atoms with E-state index >= 15 is 0 Å². The maximum atomic E-state index is 12.0. The van der Waals surface area contributed by atoms with Gasteiger partial charge in [-0.15, -0.1) is 0 Å². The van der Waals surface area contributed by atoms with Gasteiger partial charge in [-0.25, -0.2) is 0 Å². The van der Waals surface area contributed by atoms with Gasteiger partial charge in [0.05, 0.1) is 6.42 Å². The van der Waals surface area contributed by atoms with Crippen LogP contribution in [0, 0.1) is 27.9 Å². The van der Waals surface area contributed by atoms with Crippen LogP contribution < -0.4 is 5.32 Å². The molecular weight excluding hydrogens is 316 g/mol. The number of carbonyl (C=O) groups excluding carboxylic acids is 3. The first kappa shape index (κ1) is 18.4. The van der Waals surface area contributed by atoms with Gasteiger partial charge < -0.3 is 10.1 Å². The van der Waals surface area contributed by atoms with Crippen molar-refractivity contribution in [2.45, 2.75) is 51.5 Å². The Balaban J connectivity index is 1.78. The fourth-order valence-corrected chi connectivity index (χ4v) is 3.72. The first-order valence-corrected chi connectivity index (χ1v) is 8.46. The second-order valence-corrected chi connectivity index (χ2v) is 6.85. The number of nitro groups is 1. The third-order valence-electron chi connectivity index (χ3n) is 5.02. The van der Waals surface area contributed by atoms with Crippen molar-refractivity contribution < 1.29 is 24.0 Å². The van der Waals surface area contributed by atoms with Crippen molar-refractivity contribution in [3.05, 3.63) is 10.1 Å². The number of nitrogens with one attached hydrogen (secondary N) is 1. The van der Waals surface area contributed by atoms with E-state index in [1.54, 1.807) is 6.92 Å². The summed E-state index contributed by atoms with van der Waals surface area (Å²) >= 11 is 0. The minimum atomic E-state index is -0.684. The number of hydrogen-bond acceptors (Lipinski definition) is 6. The molecule has 0 radical (unpaired) electrons. The molecule has 0 aromatic carbocycles. The summed E-state index contributed by atoms with van der Waals surface area (Å²) in [6.45, 7) is 1.09. The maximum Gasteiger partial charge on any atom is 0.307 e. The molecule has 0 heterocycles. The molecule has 24 heavy (non-hydrogen) atoms. The van der Waals surface area contributed by atoms with Crippen molar-refractivity contribution in [2.24, 2.45) is 17.8 Å². The molecule has 2 aliphatic rings. The zero-order valence-corrected chi connectivity index (χ0v) is 13.9. The van der Waals surface area contributed by atoms with E-state index in [9.17, 15) is 24.5 Å². The quantitative estimate of drug-likeness (QED) is 0.421. The highest BCUT2D eigenvalue weighted by atomic mass is 16.6. The second kappa shape index (κ2) is 8.21. The third-order valence-corrected chi connectivity index (χ3v) is 5.02.